The van der Waals surface area contributed by atoms with Crippen molar-refractivity contribution in [2.24, 2.45) is 0 Å². The molecule has 0 aliphatic heterocycles. The molecule has 1 aromatic heterocycles. The van der Waals surface area contributed by atoms with Gasteiger partial charge in [-0.3, -0.25) is 0 Å². The normalized spacial score (nSPS) is 12.1. The number of aromatic nitrogens is 1. The lowest BCUT2D eigenvalue weighted by atomic mass is 10.1. The minimum absolute atomic E-state index is 0.208. The molecule has 0 aliphatic rings. The number of phenolic OH excluding ortho intramolecular Hbond substituents is 1. The number of nitrogens with one attached hydrogen (secondary N) is 1. The van der Waals surface area contributed by atoms with E-state index in [0.29, 0.717) is 5.88 Å². The van der Waals surface area contributed by atoms with Crippen LogP contribution in [0.3, 0.4) is 0 Å². The average molecular weight is 258 g/mol. The number of pyridine rings is 1. The molecule has 2 N–H and O–H groups in total. The van der Waals surface area contributed by atoms with Crippen LogP contribution in [0.2, 0.25) is 0 Å². The molecule has 1 unspecified atom stereocenters. The third kappa shape index (κ3) is 3.69. The lowest BCUT2D eigenvalue weighted by molar-refractivity contribution is 0.397. The predicted octanol–water partition coefficient (Wildman–Crippen LogP) is 2.65. The lowest BCUT2D eigenvalue weighted by Gasteiger charge is -2.14. The van der Waals surface area contributed by atoms with Gasteiger partial charge in [-0.1, -0.05) is 12.1 Å². The summed E-state index contributed by atoms with van der Waals surface area (Å²) in [4.78, 5) is 4.08. The van der Waals surface area contributed by atoms with Crippen LogP contribution in [0.4, 0.5) is 0 Å². The molecule has 1 heterocycles. The number of benzene rings is 1. The third-order valence-electron chi connectivity index (χ3n) is 3.01. The highest BCUT2D eigenvalue weighted by Gasteiger charge is 2.05. The summed E-state index contributed by atoms with van der Waals surface area (Å²) in [5.41, 5.74) is 2.26. The summed E-state index contributed by atoms with van der Waals surface area (Å²) in [5.74, 6) is 0.909. The van der Waals surface area contributed by atoms with Crippen LogP contribution in [0.15, 0.2) is 42.6 Å². The van der Waals surface area contributed by atoms with E-state index in [0.717, 1.165) is 17.7 Å². The van der Waals surface area contributed by atoms with E-state index in [9.17, 15) is 5.11 Å². The second kappa shape index (κ2) is 6.20. The number of ether oxygens (including phenoxy) is 1. The summed E-state index contributed by atoms with van der Waals surface area (Å²) < 4.78 is 5.09. The predicted molar refractivity (Wildman–Crippen MR) is 74.2 cm³/mol. The molecule has 0 saturated carbocycles. The van der Waals surface area contributed by atoms with Gasteiger partial charge in [-0.15, -0.1) is 0 Å². The van der Waals surface area contributed by atoms with E-state index in [1.54, 1.807) is 25.4 Å². The summed E-state index contributed by atoms with van der Waals surface area (Å²) in [6.45, 7) is 2.83. The molecule has 19 heavy (non-hydrogen) atoms. The number of aromatic hydroxyl groups is 1. The van der Waals surface area contributed by atoms with Gasteiger partial charge in [0.05, 0.1) is 7.11 Å². The van der Waals surface area contributed by atoms with Gasteiger partial charge in [-0.25, -0.2) is 4.98 Å². The van der Waals surface area contributed by atoms with E-state index < -0.39 is 0 Å². The van der Waals surface area contributed by atoms with E-state index in [2.05, 4.69) is 17.2 Å². The third-order valence-corrected chi connectivity index (χ3v) is 3.01. The van der Waals surface area contributed by atoms with Gasteiger partial charge in [0, 0.05) is 24.8 Å². The molecule has 0 aliphatic carbocycles. The Morgan fingerprint density at radius 3 is 2.68 bits per heavy atom. The summed E-state index contributed by atoms with van der Waals surface area (Å²) in [5, 5.41) is 12.7. The Morgan fingerprint density at radius 1 is 1.26 bits per heavy atom. The standard InChI is InChI=1S/C15H18N2O2/c1-11(13-3-5-14(18)6-4-13)17-10-12-7-8-16-15(9-12)19-2/h3-9,11,17-18H,10H2,1-2H3. The van der Waals surface area contributed by atoms with Crippen LogP contribution < -0.4 is 10.1 Å². The first-order chi connectivity index (χ1) is 9.19. The molecule has 2 rings (SSSR count). The van der Waals surface area contributed by atoms with Crippen molar-refractivity contribution in [1.82, 2.24) is 10.3 Å². The van der Waals surface area contributed by atoms with Crippen molar-refractivity contribution in [3.8, 4) is 11.6 Å². The first kappa shape index (κ1) is 13.4. The Balaban J connectivity index is 1.96. The second-order valence-corrected chi connectivity index (χ2v) is 4.40. The fourth-order valence-electron chi connectivity index (χ4n) is 1.82. The number of rotatable bonds is 5. The number of hydrogen-bond donors (Lipinski definition) is 2. The maximum atomic E-state index is 9.26. The maximum Gasteiger partial charge on any atom is 0.213 e. The molecule has 1 atom stereocenters. The molecular formula is C15H18N2O2. The van der Waals surface area contributed by atoms with Crippen molar-refractivity contribution < 1.29 is 9.84 Å². The Bertz CT molecular complexity index is 526. The fourth-order valence-corrected chi connectivity index (χ4v) is 1.82. The minimum atomic E-state index is 0.208. The SMILES string of the molecule is COc1cc(CNC(C)c2ccc(O)cc2)ccn1. The van der Waals surface area contributed by atoms with Gasteiger partial charge < -0.3 is 15.2 Å². The summed E-state index contributed by atoms with van der Waals surface area (Å²) in [6.07, 6.45) is 1.74. The number of phenols is 1. The van der Waals surface area contributed by atoms with Gasteiger partial charge in [-0.05, 0) is 36.2 Å². The molecule has 2 aromatic rings. The van der Waals surface area contributed by atoms with Gasteiger partial charge in [-0.2, -0.15) is 0 Å². The zero-order valence-corrected chi connectivity index (χ0v) is 11.1. The van der Waals surface area contributed by atoms with Crippen molar-refractivity contribution in [3.05, 3.63) is 53.7 Å². The molecule has 0 saturated heterocycles. The van der Waals surface area contributed by atoms with E-state index in [4.69, 9.17) is 4.74 Å². The zero-order chi connectivity index (χ0) is 13.7. The zero-order valence-electron chi connectivity index (χ0n) is 11.1. The summed E-state index contributed by atoms with van der Waals surface area (Å²) in [7, 11) is 1.61. The van der Waals surface area contributed by atoms with Crippen LogP contribution >= 0.6 is 0 Å². The molecule has 1 aromatic carbocycles. The molecule has 100 valence electrons. The van der Waals surface area contributed by atoms with Crippen molar-refractivity contribution in [2.75, 3.05) is 7.11 Å². The molecule has 0 fully saturated rings. The molecule has 0 radical (unpaired) electrons. The molecule has 0 spiro atoms. The Kier molecular flexibility index (Phi) is 4.36. The van der Waals surface area contributed by atoms with Crippen LogP contribution in [0.5, 0.6) is 11.6 Å². The van der Waals surface area contributed by atoms with Crippen LogP contribution in [0.1, 0.15) is 24.1 Å². The highest BCUT2D eigenvalue weighted by Crippen LogP contribution is 2.17. The van der Waals surface area contributed by atoms with Gasteiger partial charge >= 0.3 is 0 Å². The highest BCUT2D eigenvalue weighted by atomic mass is 16.5. The minimum Gasteiger partial charge on any atom is -0.508 e. The van der Waals surface area contributed by atoms with Crippen molar-refractivity contribution in [3.63, 3.8) is 0 Å². The summed E-state index contributed by atoms with van der Waals surface area (Å²) in [6, 6.07) is 11.3. The van der Waals surface area contributed by atoms with E-state index >= 15 is 0 Å². The monoisotopic (exact) mass is 258 g/mol. The molecule has 4 nitrogen and oxygen atoms in total. The largest absolute Gasteiger partial charge is 0.508 e. The topological polar surface area (TPSA) is 54.4 Å². The first-order valence-electron chi connectivity index (χ1n) is 6.20. The first-order valence-corrected chi connectivity index (χ1v) is 6.20. The van der Waals surface area contributed by atoms with Gasteiger partial charge in [0.25, 0.3) is 0 Å². The van der Waals surface area contributed by atoms with Crippen LogP contribution in [-0.4, -0.2) is 17.2 Å². The molecule has 0 amide bonds. The number of methoxy groups -OCH3 is 1. The van der Waals surface area contributed by atoms with Gasteiger partial charge in [0.2, 0.25) is 5.88 Å². The maximum absolute atomic E-state index is 9.26. The number of nitrogens with zero attached hydrogens (tertiary/aromatic N) is 1. The van der Waals surface area contributed by atoms with E-state index in [1.165, 1.54) is 0 Å². The van der Waals surface area contributed by atoms with Crippen LogP contribution in [-0.2, 0) is 6.54 Å². The van der Waals surface area contributed by atoms with Gasteiger partial charge in [0.1, 0.15) is 5.75 Å². The fraction of sp³-hybridized carbons (Fsp3) is 0.267. The van der Waals surface area contributed by atoms with E-state index in [1.807, 2.05) is 24.3 Å². The van der Waals surface area contributed by atoms with Crippen molar-refractivity contribution in [1.29, 1.82) is 0 Å². The molecule has 4 heteroatoms. The molecular weight excluding hydrogens is 240 g/mol. The van der Waals surface area contributed by atoms with Crippen molar-refractivity contribution >= 4 is 0 Å². The quantitative estimate of drug-likeness (QED) is 0.865. The summed E-state index contributed by atoms with van der Waals surface area (Å²) >= 11 is 0. The Labute approximate surface area is 113 Å². The number of hydrogen-bond acceptors (Lipinski definition) is 4. The van der Waals surface area contributed by atoms with E-state index in [-0.39, 0.29) is 11.8 Å². The lowest BCUT2D eigenvalue weighted by Crippen LogP contribution is -2.18. The van der Waals surface area contributed by atoms with Gasteiger partial charge in [0.15, 0.2) is 0 Å². The smallest absolute Gasteiger partial charge is 0.213 e. The second-order valence-electron chi connectivity index (χ2n) is 4.40. The Hall–Kier alpha value is -2.07. The highest BCUT2D eigenvalue weighted by molar-refractivity contribution is 5.28. The average Bonchev–Trinajstić information content (AvgIpc) is 2.46. The van der Waals surface area contributed by atoms with Crippen LogP contribution in [0, 0.1) is 0 Å². The van der Waals surface area contributed by atoms with Crippen molar-refractivity contribution in [2.45, 2.75) is 19.5 Å². The van der Waals surface area contributed by atoms with Crippen LogP contribution in [0.25, 0.3) is 0 Å². The molecule has 0 bridgehead atoms. The Morgan fingerprint density at radius 2 is 2.00 bits per heavy atom.